The highest BCUT2D eigenvalue weighted by Crippen LogP contribution is 2.42. The smallest absolute Gasteiger partial charge is 0.166 e. The summed E-state index contributed by atoms with van der Waals surface area (Å²) in [6.07, 6.45) is 0. The highest BCUT2D eigenvalue weighted by molar-refractivity contribution is 6.11. The summed E-state index contributed by atoms with van der Waals surface area (Å²) in [5, 5.41) is 24.9. The molecule has 11 aromatic rings. The average Bonchev–Trinajstić information content (AvgIpc) is 3.87. The number of fused-ring (bicyclic) bond motifs is 6. The molecule has 0 radical (unpaired) electrons. The lowest BCUT2D eigenvalue weighted by atomic mass is 9.86. The van der Waals surface area contributed by atoms with E-state index in [9.17, 15) is 10.5 Å². The Labute approximate surface area is 395 Å². The molecular formula is C61H47N7. The zero-order chi connectivity index (χ0) is 46.9. The van der Waals surface area contributed by atoms with E-state index in [1.165, 1.54) is 11.1 Å². The van der Waals surface area contributed by atoms with Gasteiger partial charge in [0.2, 0.25) is 0 Å². The van der Waals surface area contributed by atoms with E-state index in [4.69, 9.17) is 15.0 Å². The Morgan fingerprint density at radius 1 is 0.368 bits per heavy atom. The van der Waals surface area contributed by atoms with Crippen LogP contribution in [0.2, 0.25) is 0 Å². The molecule has 11 rings (SSSR count). The summed E-state index contributed by atoms with van der Waals surface area (Å²) in [4.78, 5) is 16.1. The monoisotopic (exact) mass is 877 g/mol. The quantitative estimate of drug-likeness (QED) is 0.166. The summed E-state index contributed by atoms with van der Waals surface area (Å²) in [7, 11) is 0. The number of para-hydroxylation sites is 2. The van der Waals surface area contributed by atoms with Crippen molar-refractivity contribution >= 4 is 43.6 Å². The van der Waals surface area contributed by atoms with Crippen molar-refractivity contribution < 1.29 is 0 Å². The largest absolute Gasteiger partial charge is 0.309 e. The number of nitriles is 2. The Morgan fingerprint density at radius 3 is 1.47 bits per heavy atom. The van der Waals surface area contributed by atoms with Gasteiger partial charge < -0.3 is 9.13 Å². The van der Waals surface area contributed by atoms with Gasteiger partial charge in [-0.05, 0) is 112 Å². The molecule has 0 saturated carbocycles. The van der Waals surface area contributed by atoms with Gasteiger partial charge in [0.15, 0.2) is 17.5 Å². The Balaban J connectivity index is 1.22. The second-order valence-corrected chi connectivity index (χ2v) is 19.6. The molecule has 3 aromatic heterocycles. The summed E-state index contributed by atoms with van der Waals surface area (Å²) in [6, 6.07) is 65.1. The van der Waals surface area contributed by atoms with E-state index in [-0.39, 0.29) is 10.8 Å². The summed E-state index contributed by atoms with van der Waals surface area (Å²) in [5.41, 5.74) is 13.6. The summed E-state index contributed by atoms with van der Waals surface area (Å²) in [6.45, 7) is 13.5. The Kier molecular flexibility index (Phi) is 9.92. The number of aromatic nitrogens is 5. The fourth-order valence-electron chi connectivity index (χ4n) is 9.56. The van der Waals surface area contributed by atoms with E-state index in [1.807, 2.05) is 72.8 Å². The van der Waals surface area contributed by atoms with E-state index in [0.717, 1.165) is 77.2 Å². The van der Waals surface area contributed by atoms with Crippen molar-refractivity contribution in [3.05, 3.63) is 198 Å². The van der Waals surface area contributed by atoms with Crippen LogP contribution in [0.25, 0.3) is 100 Å². The van der Waals surface area contributed by atoms with Crippen molar-refractivity contribution in [2.75, 3.05) is 0 Å². The topological polar surface area (TPSA) is 96.1 Å². The molecule has 0 amide bonds. The lowest BCUT2D eigenvalue weighted by Crippen LogP contribution is -2.10. The maximum absolute atomic E-state index is 10.4. The normalized spacial score (nSPS) is 11.9. The molecule has 0 fully saturated rings. The molecule has 0 aliphatic carbocycles. The van der Waals surface area contributed by atoms with Crippen LogP contribution < -0.4 is 0 Å². The van der Waals surface area contributed by atoms with Crippen LogP contribution in [0.1, 0.15) is 63.8 Å². The molecule has 0 spiro atoms. The minimum atomic E-state index is -0.0559. The zero-order valence-corrected chi connectivity index (χ0v) is 38.9. The average molecular weight is 878 g/mol. The highest BCUT2D eigenvalue weighted by atomic mass is 15.1. The minimum Gasteiger partial charge on any atom is -0.309 e. The van der Waals surface area contributed by atoms with Crippen LogP contribution >= 0.6 is 0 Å². The van der Waals surface area contributed by atoms with Gasteiger partial charge in [0, 0.05) is 38.2 Å². The molecule has 326 valence electrons. The Morgan fingerprint density at radius 2 is 0.868 bits per heavy atom. The SMILES string of the molecule is CC(C)(C)c1ccc2c(c1)c1ccccc1n2-c1ccc(C#N)cc1-c1nc(-c2ccccc2)nc(-c2ccc(-c3cccc(C#N)c3)cc2-n2c3ccccc3c3cc(C(C)(C)C)ccc32)n1. The van der Waals surface area contributed by atoms with Gasteiger partial charge in [-0.1, -0.05) is 139 Å². The summed E-state index contributed by atoms with van der Waals surface area (Å²) < 4.78 is 4.60. The van der Waals surface area contributed by atoms with Gasteiger partial charge in [-0.15, -0.1) is 0 Å². The first-order chi connectivity index (χ1) is 32.9. The second-order valence-electron chi connectivity index (χ2n) is 19.6. The van der Waals surface area contributed by atoms with Crippen LogP contribution in [0.5, 0.6) is 0 Å². The van der Waals surface area contributed by atoms with Gasteiger partial charge in [0.1, 0.15) is 0 Å². The van der Waals surface area contributed by atoms with Gasteiger partial charge in [-0.25, -0.2) is 15.0 Å². The zero-order valence-electron chi connectivity index (χ0n) is 38.9. The number of rotatable bonds is 6. The van der Waals surface area contributed by atoms with Crippen LogP contribution in [0.15, 0.2) is 176 Å². The van der Waals surface area contributed by atoms with Crippen LogP contribution in [0, 0.1) is 22.7 Å². The van der Waals surface area contributed by atoms with E-state index in [2.05, 4.69) is 166 Å². The van der Waals surface area contributed by atoms with Gasteiger partial charge in [0.05, 0.1) is 56.7 Å². The van der Waals surface area contributed by atoms with Gasteiger partial charge in [0.25, 0.3) is 0 Å². The molecule has 68 heavy (non-hydrogen) atoms. The summed E-state index contributed by atoms with van der Waals surface area (Å²) >= 11 is 0. The van der Waals surface area contributed by atoms with E-state index in [0.29, 0.717) is 34.2 Å². The fourth-order valence-corrected chi connectivity index (χ4v) is 9.56. The van der Waals surface area contributed by atoms with E-state index >= 15 is 0 Å². The summed E-state index contributed by atoms with van der Waals surface area (Å²) in [5.74, 6) is 1.42. The van der Waals surface area contributed by atoms with Crippen LogP contribution in [0.3, 0.4) is 0 Å². The first-order valence-electron chi connectivity index (χ1n) is 23.0. The molecule has 0 bridgehead atoms. The highest BCUT2D eigenvalue weighted by Gasteiger charge is 2.25. The maximum Gasteiger partial charge on any atom is 0.166 e. The molecule has 0 aliphatic heterocycles. The molecule has 3 heterocycles. The Hall–Kier alpha value is -8.65. The van der Waals surface area contributed by atoms with Crippen molar-refractivity contribution in [1.29, 1.82) is 10.5 Å². The van der Waals surface area contributed by atoms with Crippen molar-refractivity contribution in [2.24, 2.45) is 0 Å². The van der Waals surface area contributed by atoms with Crippen LogP contribution in [-0.2, 0) is 10.8 Å². The molecule has 0 saturated heterocycles. The predicted octanol–water partition coefficient (Wildman–Crippen LogP) is 15.1. The number of hydrogen-bond donors (Lipinski definition) is 0. The third kappa shape index (κ3) is 7.17. The second kappa shape index (κ2) is 16.0. The minimum absolute atomic E-state index is 0.0432. The Bertz CT molecular complexity index is 3900. The fraction of sp³-hybridized carbons (Fsp3) is 0.131. The van der Waals surface area contributed by atoms with Crippen molar-refractivity contribution in [3.8, 4) is 68.8 Å². The molecule has 8 aromatic carbocycles. The van der Waals surface area contributed by atoms with E-state index < -0.39 is 0 Å². The standard InChI is InChI=1S/C61H47N7/c1-60(2,3)43-25-29-53-48(34-43)45-19-10-12-21-51(45)67(53)55-28-23-39(37-63)32-50(55)59-65-57(40-16-8-7-9-17-40)64-58(66-59)47-27-24-42(41-18-14-15-38(31-41)36-62)33-56(47)68-52-22-13-11-20-46(52)49-35-44(61(4,5)6)26-30-54(49)68/h7-35H,1-6H3. The van der Waals surface area contributed by atoms with Crippen molar-refractivity contribution in [3.63, 3.8) is 0 Å². The third-order valence-corrected chi connectivity index (χ3v) is 13.2. The lowest BCUT2D eigenvalue weighted by molar-refractivity contribution is 0.591. The molecule has 7 nitrogen and oxygen atoms in total. The van der Waals surface area contributed by atoms with Crippen molar-refractivity contribution in [2.45, 2.75) is 52.4 Å². The third-order valence-electron chi connectivity index (χ3n) is 13.2. The van der Waals surface area contributed by atoms with Crippen LogP contribution in [-0.4, -0.2) is 24.1 Å². The van der Waals surface area contributed by atoms with Crippen molar-refractivity contribution in [1.82, 2.24) is 24.1 Å². The number of nitrogens with zero attached hydrogens (tertiary/aromatic N) is 7. The molecule has 7 heteroatoms. The molecule has 0 aliphatic rings. The maximum atomic E-state index is 10.4. The molecule has 0 atom stereocenters. The lowest BCUT2D eigenvalue weighted by Gasteiger charge is -2.20. The molecule has 0 unspecified atom stereocenters. The van der Waals surface area contributed by atoms with E-state index in [1.54, 1.807) is 0 Å². The molecule has 0 N–H and O–H groups in total. The van der Waals surface area contributed by atoms with Gasteiger partial charge in [-0.2, -0.15) is 10.5 Å². The van der Waals surface area contributed by atoms with Crippen LogP contribution in [0.4, 0.5) is 0 Å². The van der Waals surface area contributed by atoms with Gasteiger partial charge in [-0.3, -0.25) is 0 Å². The first-order valence-corrected chi connectivity index (χ1v) is 23.0. The predicted molar refractivity (Wildman–Crippen MR) is 277 cm³/mol. The number of benzene rings is 8. The number of hydrogen-bond acceptors (Lipinski definition) is 5. The van der Waals surface area contributed by atoms with Gasteiger partial charge >= 0.3 is 0 Å². The molecular weight excluding hydrogens is 831 g/mol. The first kappa shape index (κ1) is 42.0.